The number of rotatable bonds is 7. The quantitative estimate of drug-likeness (QED) is 0.439. The molecular formula is C22H24N2O5. The zero-order valence-corrected chi connectivity index (χ0v) is 16.7. The summed E-state index contributed by atoms with van der Waals surface area (Å²) in [6, 6.07) is 9.40. The fraction of sp³-hybridized carbons (Fsp3) is 0.318. The van der Waals surface area contributed by atoms with Gasteiger partial charge in [0.15, 0.2) is 0 Å². The van der Waals surface area contributed by atoms with Crippen LogP contribution in [0.4, 0.5) is 0 Å². The standard InChI is InChI=1S/C22H24N2O5/c1-4-5-12-24-19(16-8-6-7-11-23-16)18(21(26)22(24)27)20(25)15-10-9-14(28-2)13-17(15)29-3/h6-11,13,19,25H,4-5,12H2,1-3H3/b20-18-. The number of unbranched alkanes of at least 4 members (excludes halogenated alkanes) is 1. The van der Waals surface area contributed by atoms with E-state index < -0.39 is 17.7 Å². The highest BCUT2D eigenvalue weighted by atomic mass is 16.5. The number of aliphatic hydroxyl groups is 1. The van der Waals surface area contributed by atoms with Gasteiger partial charge in [0.2, 0.25) is 0 Å². The number of aromatic nitrogens is 1. The fourth-order valence-electron chi connectivity index (χ4n) is 3.42. The first-order chi connectivity index (χ1) is 14.0. The molecule has 2 heterocycles. The Balaban J connectivity index is 2.18. The Morgan fingerprint density at radius 1 is 1.17 bits per heavy atom. The third-order valence-corrected chi connectivity index (χ3v) is 4.92. The molecule has 7 nitrogen and oxygen atoms in total. The lowest BCUT2D eigenvalue weighted by molar-refractivity contribution is -0.140. The molecule has 1 amide bonds. The number of Topliss-reactive ketones (excluding diaryl/α,β-unsaturated/α-hetero) is 1. The summed E-state index contributed by atoms with van der Waals surface area (Å²) in [5.41, 5.74) is 0.841. The van der Waals surface area contributed by atoms with Gasteiger partial charge < -0.3 is 19.5 Å². The van der Waals surface area contributed by atoms with Crippen molar-refractivity contribution in [1.29, 1.82) is 0 Å². The number of likely N-dealkylation sites (tertiary alicyclic amines) is 1. The van der Waals surface area contributed by atoms with Crippen molar-refractivity contribution >= 4 is 17.4 Å². The monoisotopic (exact) mass is 396 g/mol. The summed E-state index contributed by atoms with van der Waals surface area (Å²) in [6.07, 6.45) is 3.20. The van der Waals surface area contributed by atoms with Crippen molar-refractivity contribution in [3.8, 4) is 11.5 Å². The number of carbonyl (C=O) groups excluding carboxylic acids is 2. The van der Waals surface area contributed by atoms with Crippen LogP contribution in [0.1, 0.15) is 37.1 Å². The molecule has 7 heteroatoms. The van der Waals surface area contributed by atoms with Gasteiger partial charge in [-0.2, -0.15) is 0 Å². The Labute approximate surface area is 169 Å². The molecule has 1 atom stereocenters. The first-order valence-electron chi connectivity index (χ1n) is 9.45. The molecule has 1 aliphatic heterocycles. The van der Waals surface area contributed by atoms with E-state index in [0.29, 0.717) is 29.3 Å². The number of hydrogen-bond acceptors (Lipinski definition) is 6. The summed E-state index contributed by atoms with van der Waals surface area (Å²) in [6.45, 7) is 2.41. The number of amides is 1. The van der Waals surface area contributed by atoms with E-state index >= 15 is 0 Å². The first kappa shape index (κ1) is 20.4. The molecule has 3 rings (SSSR count). The van der Waals surface area contributed by atoms with Crippen LogP contribution in [-0.2, 0) is 9.59 Å². The predicted molar refractivity (Wildman–Crippen MR) is 108 cm³/mol. The molecule has 0 aliphatic carbocycles. The molecule has 29 heavy (non-hydrogen) atoms. The minimum absolute atomic E-state index is 0.00766. The number of ether oxygens (including phenoxy) is 2. The lowest BCUT2D eigenvalue weighted by Crippen LogP contribution is -2.31. The maximum atomic E-state index is 12.9. The SMILES string of the molecule is CCCCN1C(=O)C(=O)/C(=C(\O)c2ccc(OC)cc2OC)C1c1ccccn1. The van der Waals surface area contributed by atoms with Gasteiger partial charge in [0.1, 0.15) is 23.3 Å². The van der Waals surface area contributed by atoms with Crippen LogP contribution in [-0.4, -0.2) is 47.4 Å². The largest absolute Gasteiger partial charge is 0.507 e. The zero-order valence-electron chi connectivity index (χ0n) is 16.7. The highest BCUT2D eigenvalue weighted by molar-refractivity contribution is 6.46. The summed E-state index contributed by atoms with van der Waals surface area (Å²) < 4.78 is 10.6. The number of carbonyl (C=O) groups is 2. The van der Waals surface area contributed by atoms with Crippen molar-refractivity contribution in [3.63, 3.8) is 0 Å². The Bertz CT molecular complexity index is 939. The minimum Gasteiger partial charge on any atom is -0.507 e. The lowest BCUT2D eigenvalue weighted by atomic mass is 9.97. The van der Waals surface area contributed by atoms with Gasteiger partial charge >= 0.3 is 0 Å². The summed E-state index contributed by atoms with van der Waals surface area (Å²) in [5, 5.41) is 11.1. The molecule has 0 bridgehead atoms. The van der Waals surface area contributed by atoms with Gasteiger partial charge in [0.05, 0.1) is 31.1 Å². The molecular weight excluding hydrogens is 372 g/mol. The van der Waals surface area contributed by atoms with Gasteiger partial charge in [-0.3, -0.25) is 14.6 Å². The summed E-state index contributed by atoms with van der Waals surface area (Å²) in [4.78, 5) is 31.5. The van der Waals surface area contributed by atoms with Crippen LogP contribution >= 0.6 is 0 Å². The summed E-state index contributed by atoms with van der Waals surface area (Å²) in [7, 11) is 2.98. The Morgan fingerprint density at radius 2 is 1.97 bits per heavy atom. The molecule has 1 aliphatic rings. The maximum absolute atomic E-state index is 12.9. The molecule has 0 spiro atoms. The van der Waals surface area contributed by atoms with Crippen LogP contribution in [0.3, 0.4) is 0 Å². The van der Waals surface area contributed by atoms with Crippen molar-refractivity contribution in [2.24, 2.45) is 0 Å². The smallest absolute Gasteiger partial charge is 0.295 e. The third-order valence-electron chi connectivity index (χ3n) is 4.92. The van der Waals surface area contributed by atoms with Crippen LogP contribution < -0.4 is 9.47 Å². The highest BCUT2D eigenvalue weighted by Gasteiger charge is 2.46. The van der Waals surface area contributed by atoms with E-state index in [1.165, 1.54) is 19.1 Å². The number of aliphatic hydroxyl groups excluding tert-OH is 1. The van der Waals surface area contributed by atoms with E-state index in [4.69, 9.17) is 9.47 Å². The molecule has 152 valence electrons. The number of benzene rings is 1. The summed E-state index contributed by atoms with van der Waals surface area (Å²) >= 11 is 0. The maximum Gasteiger partial charge on any atom is 0.295 e. The van der Waals surface area contributed by atoms with Crippen LogP contribution in [0.15, 0.2) is 48.2 Å². The molecule has 1 aromatic carbocycles. The number of hydrogen-bond donors (Lipinski definition) is 1. The molecule has 1 saturated heterocycles. The molecule has 0 radical (unpaired) electrons. The molecule has 1 fully saturated rings. The van der Waals surface area contributed by atoms with E-state index in [9.17, 15) is 14.7 Å². The number of nitrogens with zero attached hydrogens (tertiary/aromatic N) is 2. The van der Waals surface area contributed by atoms with Crippen molar-refractivity contribution < 1.29 is 24.2 Å². The van der Waals surface area contributed by atoms with Crippen LogP contribution in [0.5, 0.6) is 11.5 Å². The Hall–Kier alpha value is -3.35. The van der Waals surface area contributed by atoms with E-state index in [1.807, 2.05) is 6.92 Å². The number of ketones is 1. The van der Waals surface area contributed by atoms with Gasteiger partial charge in [-0.1, -0.05) is 19.4 Å². The third kappa shape index (κ3) is 3.81. The van der Waals surface area contributed by atoms with E-state index in [-0.39, 0.29) is 11.3 Å². The van der Waals surface area contributed by atoms with Gasteiger partial charge in [-0.05, 0) is 30.7 Å². The van der Waals surface area contributed by atoms with Crippen LogP contribution in [0.2, 0.25) is 0 Å². The van der Waals surface area contributed by atoms with Gasteiger partial charge in [0.25, 0.3) is 11.7 Å². The van der Waals surface area contributed by atoms with Crippen molar-refractivity contribution in [1.82, 2.24) is 9.88 Å². The topological polar surface area (TPSA) is 89.0 Å². The van der Waals surface area contributed by atoms with Gasteiger partial charge in [0, 0.05) is 18.8 Å². The fourth-order valence-corrected chi connectivity index (χ4v) is 3.42. The lowest BCUT2D eigenvalue weighted by Gasteiger charge is -2.24. The molecule has 1 unspecified atom stereocenters. The average molecular weight is 396 g/mol. The molecule has 0 saturated carbocycles. The molecule has 1 N–H and O–H groups in total. The molecule has 1 aromatic heterocycles. The Morgan fingerprint density at radius 3 is 2.59 bits per heavy atom. The zero-order chi connectivity index (χ0) is 21.0. The van der Waals surface area contributed by atoms with Crippen molar-refractivity contribution in [2.45, 2.75) is 25.8 Å². The number of pyridine rings is 1. The van der Waals surface area contributed by atoms with Crippen molar-refractivity contribution in [3.05, 3.63) is 59.4 Å². The van der Waals surface area contributed by atoms with Crippen LogP contribution in [0, 0.1) is 0 Å². The Kier molecular flexibility index (Phi) is 6.16. The first-order valence-corrected chi connectivity index (χ1v) is 9.45. The number of methoxy groups -OCH3 is 2. The highest BCUT2D eigenvalue weighted by Crippen LogP contribution is 2.40. The molecule has 2 aromatic rings. The van der Waals surface area contributed by atoms with E-state index in [0.717, 1.165) is 12.8 Å². The van der Waals surface area contributed by atoms with E-state index in [1.54, 1.807) is 42.6 Å². The minimum atomic E-state index is -0.755. The van der Waals surface area contributed by atoms with Gasteiger partial charge in [-0.15, -0.1) is 0 Å². The normalized spacial score (nSPS) is 18.2. The second kappa shape index (κ2) is 8.77. The van der Waals surface area contributed by atoms with Crippen LogP contribution in [0.25, 0.3) is 5.76 Å². The second-order valence-corrected chi connectivity index (χ2v) is 6.67. The van der Waals surface area contributed by atoms with E-state index in [2.05, 4.69) is 4.98 Å². The second-order valence-electron chi connectivity index (χ2n) is 6.67. The van der Waals surface area contributed by atoms with Gasteiger partial charge in [-0.25, -0.2) is 0 Å². The summed E-state index contributed by atoms with van der Waals surface area (Å²) in [5.74, 6) is -0.780. The van der Waals surface area contributed by atoms with Crippen molar-refractivity contribution in [2.75, 3.05) is 20.8 Å². The average Bonchev–Trinajstić information content (AvgIpc) is 3.02. The predicted octanol–water partition coefficient (Wildman–Crippen LogP) is 3.32.